The van der Waals surface area contributed by atoms with Crippen LogP contribution in [0.4, 0.5) is 4.39 Å². The van der Waals surface area contributed by atoms with E-state index in [1.807, 2.05) is 0 Å². The Morgan fingerprint density at radius 3 is 2.58 bits per heavy atom. The Balaban J connectivity index is 2.92. The van der Waals surface area contributed by atoms with Crippen LogP contribution in [-0.4, -0.2) is 16.6 Å². The molecule has 0 bridgehead atoms. The molecular formula is C14H22FN3O. The minimum Gasteiger partial charge on any atom is -0.409 e. The third-order valence-electron chi connectivity index (χ3n) is 3.73. The summed E-state index contributed by atoms with van der Waals surface area (Å²) in [5.74, 6) is -0.659. The van der Waals surface area contributed by atoms with Gasteiger partial charge in [-0.1, -0.05) is 31.1 Å². The predicted octanol–water partition coefficient (Wildman–Crippen LogP) is 2.59. The van der Waals surface area contributed by atoms with Crippen molar-refractivity contribution in [1.29, 1.82) is 0 Å². The minimum absolute atomic E-state index is 0.0148. The molecule has 4 nitrogen and oxygen atoms in total. The Kier molecular flexibility index (Phi) is 5.30. The van der Waals surface area contributed by atoms with Gasteiger partial charge in [0.15, 0.2) is 5.84 Å². The second kappa shape index (κ2) is 6.52. The van der Waals surface area contributed by atoms with Crippen LogP contribution in [0.2, 0.25) is 0 Å². The van der Waals surface area contributed by atoms with Gasteiger partial charge in [-0.15, -0.1) is 0 Å². The number of oxime groups is 1. The number of benzene rings is 1. The van der Waals surface area contributed by atoms with E-state index in [0.717, 1.165) is 12.8 Å². The first-order chi connectivity index (χ1) is 8.97. The third-order valence-corrected chi connectivity index (χ3v) is 3.73. The van der Waals surface area contributed by atoms with Crippen molar-refractivity contribution >= 4 is 5.84 Å². The lowest BCUT2D eigenvalue weighted by Crippen LogP contribution is -2.40. The molecule has 1 aromatic rings. The lowest BCUT2D eigenvalue weighted by Gasteiger charge is -2.28. The SMILES string of the molecule is CCC(C)(CC)NCc1cccc(/C(N)=N/O)c1F. The predicted molar refractivity (Wildman–Crippen MR) is 74.7 cm³/mol. The number of amidine groups is 1. The molecule has 0 aliphatic heterocycles. The van der Waals surface area contributed by atoms with Gasteiger partial charge in [0.25, 0.3) is 0 Å². The molecule has 1 rings (SSSR count). The van der Waals surface area contributed by atoms with E-state index in [9.17, 15) is 4.39 Å². The Labute approximate surface area is 113 Å². The molecule has 19 heavy (non-hydrogen) atoms. The molecule has 5 heteroatoms. The summed E-state index contributed by atoms with van der Waals surface area (Å²) >= 11 is 0. The van der Waals surface area contributed by atoms with E-state index in [-0.39, 0.29) is 16.9 Å². The van der Waals surface area contributed by atoms with Gasteiger partial charge in [-0.3, -0.25) is 0 Å². The van der Waals surface area contributed by atoms with Gasteiger partial charge in [0.2, 0.25) is 0 Å². The average molecular weight is 267 g/mol. The van der Waals surface area contributed by atoms with Crippen molar-refractivity contribution in [1.82, 2.24) is 5.32 Å². The van der Waals surface area contributed by atoms with Crippen LogP contribution in [0.3, 0.4) is 0 Å². The van der Waals surface area contributed by atoms with Gasteiger partial charge < -0.3 is 16.3 Å². The molecule has 0 heterocycles. The molecule has 0 saturated carbocycles. The number of rotatable bonds is 6. The normalized spacial score (nSPS) is 12.7. The lowest BCUT2D eigenvalue weighted by atomic mass is 9.95. The largest absolute Gasteiger partial charge is 0.409 e. The highest BCUT2D eigenvalue weighted by Gasteiger charge is 2.19. The summed E-state index contributed by atoms with van der Waals surface area (Å²) in [6.45, 7) is 6.72. The van der Waals surface area contributed by atoms with Gasteiger partial charge in [0.05, 0.1) is 5.56 Å². The van der Waals surface area contributed by atoms with Crippen LogP contribution in [0.1, 0.15) is 44.7 Å². The monoisotopic (exact) mass is 267 g/mol. The molecule has 0 radical (unpaired) electrons. The second-order valence-electron chi connectivity index (χ2n) is 4.89. The molecule has 106 valence electrons. The minimum atomic E-state index is -0.445. The molecule has 0 amide bonds. The highest BCUT2D eigenvalue weighted by Crippen LogP contribution is 2.17. The summed E-state index contributed by atoms with van der Waals surface area (Å²) in [5, 5.41) is 14.8. The number of hydrogen-bond acceptors (Lipinski definition) is 3. The summed E-state index contributed by atoms with van der Waals surface area (Å²) in [7, 11) is 0. The summed E-state index contributed by atoms with van der Waals surface area (Å²) in [6.07, 6.45) is 1.93. The van der Waals surface area contributed by atoms with Gasteiger partial charge in [0, 0.05) is 17.6 Å². The molecule has 0 unspecified atom stereocenters. The Hall–Kier alpha value is -1.62. The van der Waals surface area contributed by atoms with Crippen LogP contribution in [0, 0.1) is 5.82 Å². The molecule has 0 aliphatic rings. The highest BCUT2D eigenvalue weighted by atomic mass is 19.1. The van der Waals surface area contributed by atoms with E-state index >= 15 is 0 Å². The summed E-state index contributed by atoms with van der Waals surface area (Å²) in [5.41, 5.74) is 6.06. The molecule has 1 aromatic carbocycles. The van der Waals surface area contributed by atoms with Gasteiger partial charge in [-0.2, -0.15) is 0 Å². The zero-order valence-electron chi connectivity index (χ0n) is 11.7. The summed E-state index contributed by atoms with van der Waals surface area (Å²) in [4.78, 5) is 0. The molecule has 0 fully saturated rings. The average Bonchev–Trinajstić information content (AvgIpc) is 2.45. The van der Waals surface area contributed by atoms with Gasteiger partial charge in [-0.25, -0.2) is 4.39 Å². The second-order valence-corrected chi connectivity index (χ2v) is 4.89. The fourth-order valence-corrected chi connectivity index (χ4v) is 1.78. The molecule has 0 saturated heterocycles. The van der Waals surface area contributed by atoms with Crippen molar-refractivity contribution in [3.63, 3.8) is 0 Å². The topological polar surface area (TPSA) is 70.6 Å². The van der Waals surface area contributed by atoms with Crippen LogP contribution in [0.15, 0.2) is 23.4 Å². The van der Waals surface area contributed by atoms with Crippen molar-refractivity contribution in [3.05, 3.63) is 35.1 Å². The molecule has 0 spiro atoms. The molecule has 0 atom stereocenters. The number of nitrogens with zero attached hydrogens (tertiary/aromatic N) is 1. The van der Waals surface area contributed by atoms with Gasteiger partial charge in [-0.05, 0) is 25.8 Å². The maximum Gasteiger partial charge on any atom is 0.173 e. The van der Waals surface area contributed by atoms with E-state index in [4.69, 9.17) is 10.9 Å². The smallest absolute Gasteiger partial charge is 0.173 e. The quantitative estimate of drug-likeness (QED) is 0.321. The highest BCUT2D eigenvalue weighted by molar-refractivity contribution is 5.97. The Bertz CT molecular complexity index is 456. The molecule has 0 aliphatic carbocycles. The number of hydrogen-bond donors (Lipinski definition) is 3. The number of nitrogens with one attached hydrogen (secondary N) is 1. The zero-order valence-corrected chi connectivity index (χ0v) is 11.7. The lowest BCUT2D eigenvalue weighted by molar-refractivity contribution is 0.318. The Morgan fingerprint density at radius 1 is 1.42 bits per heavy atom. The first kappa shape index (κ1) is 15.4. The van der Waals surface area contributed by atoms with E-state index in [2.05, 4.69) is 31.2 Å². The van der Waals surface area contributed by atoms with Gasteiger partial charge >= 0.3 is 0 Å². The van der Waals surface area contributed by atoms with Crippen LogP contribution < -0.4 is 11.1 Å². The molecule has 4 N–H and O–H groups in total. The molecular weight excluding hydrogens is 245 g/mol. The fraction of sp³-hybridized carbons (Fsp3) is 0.500. The summed E-state index contributed by atoms with van der Waals surface area (Å²) in [6, 6.07) is 4.89. The third kappa shape index (κ3) is 3.67. The molecule has 0 aromatic heterocycles. The fourth-order valence-electron chi connectivity index (χ4n) is 1.78. The van der Waals surface area contributed by atoms with Crippen molar-refractivity contribution in [2.24, 2.45) is 10.9 Å². The van der Waals surface area contributed by atoms with E-state index < -0.39 is 5.82 Å². The maximum atomic E-state index is 14.2. The Morgan fingerprint density at radius 2 is 2.05 bits per heavy atom. The van der Waals surface area contributed by atoms with E-state index in [1.165, 1.54) is 6.07 Å². The van der Waals surface area contributed by atoms with Crippen LogP contribution >= 0.6 is 0 Å². The van der Waals surface area contributed by atoms with Gasteiger partial charge in [0.1, 0.15) is 5.82 Å². The standard InChI is InChI=1S/C14H22FN3O/c1-4-14(3,5-2)17-9-10-7-6-8-11(12(10)15)13(16)18-19/h6-8,17,19H,4-5,9H2,1-3H3,(H2,16,18). The van der Waals surface area contributed by atoms with Crippen molar-refractivity contribution in [3.8, 4) is 0 Å². The van der Waals surface area contributed by atoms with Crippen LogP contribution in [-0.2, 0) is 6.54 Å². The number of halogens is 1. The first-order valence-electron chi connectivity index (χ1n) is 6.47. The van der Waals surface area contributed by atoms with Crippen molar-refractivity contribution in [2.45, 2.75) is 45.7 Å². The van der Waals surface area contributed by atoms with Crippen LogP contribution in [0.5, 0.6) is 0 Å². The van der Waals surface area contributed by atoms with E-state index in [0.29, 0.717) is 12.1 Å². The van der Waals surface area contributed by atoms with E-state index in [1.54, 1.807) is 12.1 Å². The van der Waals surface area contributed by atoms with Crippen LogP contribution in [0.25, 0.3) is 0 Å². The number of nitrogens with two attached hydrogens (primary N) is 1. The van der Waals surface area contributed by atoms with Crippen molar-refractivity contribution in [2.75, 3.05) is 0 Å². The van der Waals surface area contributed by atoms with Crippen molar-refractivity contribution < 1.29 is 9.60 Å². The maximum absolute atomic E-state index is 14.2. The first-order valence-corrected chi connectivity index (χ1v) is 6.47. The zero-order chi connectivity index (χ0) is 14.5. The summed E-state index contributed by atoms with van der Waals surface area (Å²) < 4.78 is 14.2.